The molecule has 274 valence electrons. The highest BCUT2D eigenvalue weighted by Crippen LogP contribution is 2.44. The third-order valence-electron chi connectivity index (χ3n) is 11.3. The molecule has 4 aromatic heterocycles. The molecule has 5 heteroatoms. The highest BCUT2D eigenvalue weighted by molar-refractivity contribution is 6.26. The van der Waals surface area contributed by atoms with Gasteiger partial charge < -0.3 is 9.47 Å². The quantitative estimate of drug-likeness (QED) is 0.163. The van der Waals surface area contributed by atoms with Gasteiger partial charge in [-0.05, 0) is 96.9 Å². The van der Waals surface area contributed by atoms with Gasteiger partial charge in [-0.3, -0.25) is 9.55 Å². The zero-order valence-electron chi connectivity index (χ0n) is 31.9. The number of para-hydroxylation sites is 3. The fraction of sp³-hybridized carbons (Fsp3) is 0.0189. The number of aromatic nitrogens is 4. The molecule has 0 atom stereocenters. The lowest BCUT2D eigenvalue weighted by Gasteiger charge is -2.26. The Hall–Kier alpha value is -7.76. The second-order valence-electron chi connectivity index (χ2n) is 14.7. The van der Waals surface area contributed by atoms with Gasteiger partial charge in [0, 0.05) is 67.8 Å². The van der Waals surface area contributed by atoms with Gasteiger partial charge in [0.1, 0.15) is 5.82 Å². The SMILES string of the molecule is Cc1cc(-c2cccc(N(c3ccccc3)c3ccc4c5c(ccc6c7ccccc7n(-c7ccccc7)c65)n(-c5ccccn5)c4c3)c2)ncc1-c1ccccc1. The number of benzene rings is 7. The summed E-state index contributed by atoms with van der Waals surface area (Å²) in [6.45, 7) is 2.16. The summed E-state index contributed by atoms with van der Waals surface area (Å²) in [6, 6.07) is 69.0. The lowest BCUT2D eigenvalue weighted by Crippen LogP contribution is -2.10. The fourth-order valence-corrected chi connectivity index (χ4v) is 8.72. The minimum atomic E-state index is 0.870. The molecule has 0 aliphatic rings. The number of pyridine rings is 2. The van der Waals surface area contributed by atoms with Crippen molar-refractivity contribution in [2.24, 2.45) is 0 Å². The first-order valence-electron chi connectivity index (χ1n) is 19.7. The summed E-state index contributed by atoms with van der Waals surface area (Å²) < 4.78 is 4.74. The van der Waals surface area contributed by atoms with E-state index in [1.165, 1.54) is 38.3 Å². The van der Waals surface area contributed by atoms with E-state index in [1.807, 2.05) is 24.5 Å². The Morgan fingerprint density at radius 2 is 1.14 bits per heavy atom. The van der Waals surface area contributed by atoms with Crippen LogP contribution in [0.4, 0.5) is 17.1 Å². The number of fused-ring (bicyclic) bond motifs is 7. The van der Waals surface area contributed by atoms with Crippen LogP contribution in [-0.2, 0) is 0 Å². The van der Waals surface area contributed by atoms with Crippen LogP contribution in [0.3, 0.4) is 0 Å². The summed E-state index contributed by atoms with van der Waals surface area (Å²) in [5.41, 5.74) is 14.3. The molecule has 0 saturated carbocycles. The van der Waals surface area contributed by atoms with E-state index >= 15 is 0 Å². The van der Waals surface area contributed by atoms with E-state index in [2.05, 4.69) is 203 Å². The smallest absolute Gasteiger partial charge is 0.137 e. The number of nitrogens with zero attached hydrogens (tertiary/aromatic N) is 5. The molecular formula is C53H37N5. The van der Waals surface area contributed by atoms with Gasteiger partial charge in [-0.15, -0.1) is 0 Å². The minimum absolute atomic E-state index is 0.870. The molecule has 0 saturated heterocycles. The molecule has 4 heterocycles. The predicted molar refractivity (Wildman–Crippen MR) is 241 cm³/mol. The van der Waals surface area contributed by atoms with Crippen molar-refractivity contribution in [3.05, 3.63) is 212 Å². The maximum atomic E-state index is 4.98. The largest absolute Gasteiger partial charge is 0.310 e. The average molecular weight is 744 g/mol. The molecule has 0 amide bonds. The van der Waals surface area contributed by atoms with Crippen molar-refractivity contribution >= 4 is 60.7 Å². The molecule has 11 aromatic rings. The van der Waals surface area contributed by atoms with Crippen molar-refractivity contribution in [1.82, 2.24) is 19.1 Å². The summed E-state index contributed by atoms with van der Waals surface area (Å²) in [6.07, 6.45) is 3.88. The van der Waals surface area contributed by atoms with Gasteiger partial charge in [0.2, 0.25) is 0 Å². The van der Waals surface area contributed by atoms with E-state index in [9.17, 15) is 0 Å². The summed E-state index contributed by atoms with van der Waals surface area (Å²) in [7, 11) is 0. The Morgan fingerprint density at radius 1 is 0.448 bits per heavy atom. The van der Waals surface area contributed by atoms with E-state index in [1.54, 1.807) is 0 Å². The monoisotopic (exact) mass is 743 g/mol. The van der Waals surface area contributed by atoms with Gasteiger partial charge >= 0.3 is 0 Å². The molecule has 0 spiro atoms. The summed E-state index contributed by atoms with van der Waals surface area (Å²) in [5.74, 6) is 0.870. The van der Waals surface area contributed by atoms with Gasteiger partial charge in [-0.1, -0.05) is 115 Å². The second-order valence-corrected chi connectivity index (χ2v) is 14.7. The molecule has 0 radical (unpaired) electrons. The van der Waals surface area contributed by atoms with Crippen molar-refractivity contribution in [3.8, 4) is 33.9 Å². The number of hydrogen-bond acceptors (Lipinski definition) is 3. The maximum Gasteiger partial charge on any atom is 0.137 e. The van der Waals surface area contributed by atoms with Crippen LogP contribution < -0.4 is 4.90 Å². The molecule has 0 bridgehead atoms. The molecule has 5 nitrogen and oxygen atoms in total. The van der Waals surface area contributed by atoms with E-state index in [-0.39, 0.29) is 0 Å². The predicted octanol–water partition coefficient (Wildman–Crippen LogP) is 13.8. The number of hydrogen-bond donors (Lipinski definition) is 0. The zero-order chi connectivity index (χ0) is 38.6. The van der Waals surface area contributed by atoms with Crippen LogP contribution in [-0.4, -0.2) is 19.1 Å². The second kappa shape index (κ2) is 13.8. The van der Waals surface area contributed by atoms with Gasteiger partial charge in [0.05, 0.1) is 27.8 Å². The van der Waals surface area contributed by atoms with Crippen LogP contribution in [0.1, 0.15) is 5.56 Å². The fourth-order valence-electron chi connectivity index (χ4n) is 8.72. The summed E-state index contributed by atoms with van der Waals surface area (Å²) in [4.78, 5) is 12.2. The van der Waals surface area contributed by atoms with Crippen LogP contribution >= 0.6 is 0 Å². The molecule has 0 N–H and O–H groups in total. The first kappa shape index (κ1) is 33.6. The highest BCUT2D eigenvalue weighted by atomic mass is 15.1. The van der Waals surface area contributed by atoms with E-state index < -0.39 is 0 Å². The van der Waals surface area contributed by atoms with Crippen molar-refractivity contribution in [2.75, 3.05) is 4.90 Å². The summed E-state index contributed by atoms with van der Waals surface area (Å²) in [5, 5.41) is 4.81. The first-order chi connectivity index (χ1) is 28.7. The number of anilines is 3. The van der Waals surface area contributed by atoms with Gasteiger partial charge in [-0.2, -0.15) is 0 Å². The lowest BCUT2D eigenvalue weighted by atomic mass is 10.0. The molecule has 11 rings (SSSR count). The van der Waals surface area contributed by atoms with Crippen LogP contribution in [0.15, 0.2) is 207 Å². The molecule has 0 aliphatic carbocycles. The number of rotatable bonds is 7. The minimum Gasteiger partial charge on any atom is -0.310 e. The van der Waals surface area contributed by atoms with Gasteiger partial charge in [0.25, 0.3) is 0 Å². The Labute approximate surface area is 336 Å². The molecule has 0 aliphatic heterocycles. The van der Waals surface area contributed by atoms with Crippen molar-refractivity contribution in [2.45, 2.75) is 6.92 Å². The maximum absolute atomic E-state index is 4.98. The van der Waals surface area contributed by atoms with Crippen LogP contribution in [0.5, 0.6) is 0 Å². The molecular weight excluding hydrogens is 707 g/mol. The average Bonchev–Trinajstić information content (AvgIpc) is 3.80. The van der Waals surface area contributed by atoms with E-state index in [0.717, 1.165) is 61.8 Å². The lowest BCUT2D eigenvalue weighted by molar-refractivity contribution is 1.08. The van der Waals surface area contributed by atoms with Crippen LogP contribution in [0.25, 0.3) is 77.5 Å². The molecule has 58 heavy (non-hydrogen) atoms. The van der Waals surface area contributed by atoms with Gasteiger partial charge in [-0.25, -0.2) is 4.98 Å². The Bertz CT molecular complexity index is 3280. The number of aryl methyl sites for hydroxylation is 1. The normalized spacial score (nSPS) is 11.5. The zero-order valence-corrected chi connectivity index (χ0v) is 31.9. The van der Waals surface area contributed by atoms with Gasteiger partial charge in [0.15, 0.2) is 0 Å². The van der Waals surface area contributed by atoms with E-state index in [0.29, 0.717) is 0 Å². The summed E-state index contributed by atoms with van der Waals surface area (Å²) >= 11 is 0. The molecule has 0 fully saturated rings. The third-order valence-corrected chi connectivity index (χ3v) is 11.3. The Morgan fingerprint density at radius 3 is 1.93 bits per heavy atom. The third kappa shape index (κ3) is 5.47. The topological polar surface area (TPSA) is 38.9 Å². The van der Waals surface area contributed by atoms with Crippen molar-refractivity contribution in [3.63, 3.8) is 0 Å². The van der Waals surface area contributed by atoms with Crippen LogP contribution in [0.2, 0.25) is 0 Å². The van der Waals surface area contributed by atoms with E-state index in [4.69, 9.17) is 9.97 Å². The van der Waals surface area contributed by atoms with Crippen LogP contribution in [0, 0.1) is 6.92 Å². The first-order valence-corrected chi connectivity index (χ1v) is 19.7. The van der Waals surface area contributed by atoms with Crippen molar-refractivity contribution in [1.29, 1.82) is 0 Å². The molecule has 0 unspecified atom stereocenters. The standard InChI is InChI=1S/C53H37N5/c1-36-32-47(55-35-46(36)37-16-5-2-6-17-37)38-18-15-23-41(33-38)56(39-19-7-3-8-20-39)42-27-28-45-50(34-42)58(51-26-13-14-31-54-51)49-30-29-44-43-24-11-12-25-48(43)57(53(44)52(45)49)40-21-9-4-10-22-40/h2-35H,1H3. The Balaban J connectivity index is 1.14. The van der Waals surface area contributed by atoms with Crippen molar-refractivity contribution < 1.29 is 0 Å². The highest BCUT2D eigenvalue weighted by Gasteiger charge is 2.23. The molecule has 7 aromatic carbocycles. The Kier molecular flexibility index (Phi) is 7.97.